The summed E-state index contributed by atoms with van der Waals surface area (Å²) >= 11 is 0. The van der Waals surface area contributed by atoms with Gasteiger partial charge in [0.05, 0.1) is 0 Å². The van der Waals surface area contributed by atoms with Crippen LogP contribution in [0.5, 0.6) is 0 Å². The van der Waals surface area contributed by atoms with Crippen LogP contribution in [-0.4, -0.2) is 23.4 Å². The Morgan fingerprint density at radius 3 is 2.56 bits per heavy atom. The molecule has 0 aliphatic heterocycles. The molecule has 2 nitrogen and oxygen atoms in total. The van der Waals surface area contributed by atoms with Crippen molar-refractivity contribution < 1.29 is 4.79 Å². The minimum atomic E-state index is 0.147. The lowest BCUT2D eigenvalue weighted by molar-refractivity contribution is -0.127. The van der Waals surface area contributed by atoms with E-state index in [1.54, 1.807) is 6.08 Å². The van der Waals surface area contributed by atoms with Gasteiger partial charge in [-0.1, -0.05) is 43.2 Å². The first-order valence-electron chi connectivity index (χ1n) is 6.85. The van der Waals surface area contributed by atoms with E-state index in [2.05, 4.69) is 6.92 Å². The molecule has 0 unspecified atom stereocenters. The second kappa shape index (κ2) is 6.39. The molecule has 0 spiro atoms. The Bertz CT molecular complexity index is 404. The van der Waals surface area contributed by atoms with Crippen LogP contribution in [0.15, 0.2) is 36.4 Å². The van der Waals surface area contributed by atoms with Crippen molar-refractivity contribution in [2.45, 2.75) is 38.6 Å². The molecule has 1 aromatic carbocycles. The van der Waals surface area contributed by atoms with Gasteiger partial charge in [0, 0.05) is 18.7 Å². The number of benzene rings is 1. The molecule has 2 heteroatoms. The van der Waals surface area contributed by atoms with Gasteiger partial charge < -0.3 is 4.90 Å². The number of rotatable bonds is 4. The summed E-state index contributed by atoms with van der Waals surface area (Å²) in [6, 6.07) is 10.4. The molecule has 18 heavy (non-hydrogen) atoms. The zero-order chi connectivity index (χ0) is 12.8. The molecular formula is C16H21NO. The Labute approximate surface area is 109 Å². The van der Waals surface area contributed by atoms with Crippen LogP contribution in [0.25, 0.3) is 6.08 Å². The van der Waals surface area contributed by atoms with Crippen molar-refractivity contribution in [3.8, 4) is 0 Å². The van der Waals surface area contributed by atoms with Crippen LogP contribution in [-0.2, 0) is 4.79 Å². The first kappa shape index (κ1) is 12.9. The molecule has 1 saturated carbocycles. The largest absolute Gasteiger partial charge is 0.336 e. The highest BCUT2D eigenvalue weighted by Gasteiger charge is 2.23. The van der Waals surface area contributed by atoms with Crippen LogP contribution in [0.3, 0.4) is 0 Å². The van der Waals surface area contributed by atoms with Crippen molar-refractivity contribution in [2.24, 2.45) is 0 Å². The van der Waals surface area contributed by atoms with Gasteiger partial charge in [-0.15, -0.1) is 0 Å². The second-order valence-corrected chi connectivity index (χ2v) is 4.81. The first-order chi connectivity index (χ1) is 8.81. The van der Waals surface area contributed by atoms with Gasteiger partial charge >= 0.3 is 0 Å². The van der Waals surface area contributed by atoms with E-state index in [1.807, 2.05) is 41.3 Å². The zero-order valence-electron chi connectivity index (χ0n) is 11.0. The first-order valence-corrected chi connectivity index (χ1v) is 6.85. The van der Waals surface area contributed by atoms with Gasteiger partial charge in [-0.3, -0.25) is 4.79 Å². The topological polar surface area (TPSA) is 20.3 Å². The predicted octanol–water partition coefficient (Wildman–Crippen LogP) is 3.49. The molecule has 0 saturated heterocycles. The number of hydrogen-bond acceptors (Lipinski definition) is 1. The normalized spacial score (nSPS) is 16.3. The minimum absolute atomic E-state index is 0.147. The third-order valence-electron chi connectivity index (χ3n) is 3.61. The van der Waals surface area contributed by atoms with E-state index < -0.39 is 0 Å². The van der Waals surface area contributed by atoms with E-state index in [0.29, 0.717) is 6.04 Å². The zero-order valence-corrected chi connectivity index (χ0v) is 11.0. The fraction of sp³-hybridized carbons (Fsp3) is 0.438. The summed E-state index contributed by atoms with van der Waals surface area (Å²) in [6.07, 6.45) is 8.46. The Hall–Kier alpha value is -1.57. The highest BCUT2D eigenvalue weighted by atomic mass is 16.2. The molecule has 0 atom stereocenters. The smallest absolute Gasteiger partial charge is 0.246 e. The van der Waals surface area contributed by atoms with Gasteiger partial charge in [0.25, 0.3) is 0 Å². The Balaban J connectivity index is 1.99. The molecule has 1 aromatic rings. The molecular weight excluding hydrogens is 222 g/mol. The van der Waals surface area contributed by atoms with Gasteiger partial charge in [0.2, 0.25) is 5.91 Å². The van der Waals surface area contributed by atoms with Crippen molar-refractivity contribution in [3.05, 3.63) is 42.0 Å². The Morgan fingerprint density at radius 2 is 1.94 bits per heavy atom. The maximum Gasteiger partial charge on any atom is 0.246 e. The molecule has 1 amide bonds. The summed E-state index contributed by atoms with van der Waals surface area (Å²) in [7, 11) is 0. The number of carbonyl (C=O) groups is 1. The number of hydrogen-bond donors (Lipinski definition) is 0. The van der Waals surface area contributed by atoms with Crippen LogP contribution in [0, 0.1) is 0 Å². The van der Waals surface area contributed by atoms with Crippen LogP contribution in [0.2, 0.25) is 0 Å². The Morgan fingerprint density at radius 1 is 1.28 bits per heavy atom. The fourth-order valence-electron chi connectivity index (χ4n) is 2.64. The maximum atomic E-state index is 12.2. The molecule has 0 bridgehead atoms. The van der Waals surface area contributed by atoms with Crippen molar-refractivity contribution in [1.82, 2.24) is 4.90 Å². The molecule has 2 rings (SSSR count). The maximum absolute atomic E-state index is 12.2. The summed E-state index contributed by atoms with van der Waals surface area (Å²) in [5, 5.41) is 0. The standard InChI is InChI=1S/C16H21NO/c1-2-17(15-10-6-7-11-15)16(18)13-12-14-8-4-3-5-9-14/h3-5,8-9,12-13,15H,2,6-7,10-11H2,1H3/b13-12+. The summed E-state index contributed by atoms with van der Waals surface area (Å²) < 4.78 is 0. The number of amides is 1. The van der Waals surface area contributed by atoms with Gasteiger partial charge in [0.15, 0.2) is 0 Å². The Kier molecular flexibility index (Phi) is 4.57. The van der Waals surface area contributed by atoms with E-state index in [0.717, 1.165) is 12.1 Å². The molecule has 1 fully saturated rings. The molecule has 0 N–H and O–H groups in total. The molecule has 0 aromatic heterocycles. The average Bonchev–Trinajstić information content (AvgIpc) is 2.92. The van der Waals surface area contributed by atoms with E-state index in [4.69, 9.17) is 0 Å². The van der Waals surface area contributed by atoms with Crippen molar-refractivity contribution in [3.63, 3.8) is 0 Å². The average molecular weight is 243 g/mol. The lowest BCUT2D eigenvalue weighted by Gasteiger charge is -2.26. The summed E-state index contributed by atoms with van der Waals surface area (Å²) in [4.78, 5) is 14.2. The van der Waals surface area contributed by atoms with Gasteiger partial charge in [-0.2, -0.15) is 0 Å². The van der Waals surface area contributed by atoms with E-state index in [1.165, 1.54) is 25.7 Å². The molecule has 0 heterocycles. The van der Waals surface area contributed by atoms with Crippen molar-refractivity contribution >= 4 is 12.0 Å². The van der Waals surface area contributed by atoms with Crippen LogP contribution in [0.1, 0.15) is 38.2 Å². The third kappa shape index (κ3) is 3.22. The van der Waals surface area contributed by atoms with Gasteiger partial charge in [0.1, 0.15) is 0 Å². The summed E-state index contributed by atoms with van der Waals surface area (Å²) in [5.41, 5.74) is 1.08. The SMILES string of the molecule is CCN(C(=O)/C=C/c1ccccc1)C1CCCC1. The van der Waals surface area contributed by atoms with E-state index >= 15 is 0 Å². The van der Waals surface area contributed by atoms with Crippen molar-refractivity contribution in [2.75, 3.05) is 6.54 Å². The lowest BCUT2D eigenvalue weighted by Crippen LogP contribution is -2.37. The van der Waals surface area contributed by atoms with Crippen LogP contribution in [0.4, 0.5) is 0 Å². The monoisotopic (exact) mass is 243 g/mol. The number of likely N-dealkylation sites (N-methyl/N-ethyl adjacent to an activating group) is 1. The lowest BCUT2D eigenvalue weighted by atomic mass is 10.2. The number of nitrogens with zero attached hydrogens (tertiary/aromatic N) is 1. The predicted molar refractivity (Wildman–Crippen MR) is 75.1 cm³/mol. The quantitative estimate of drug-likeness (QED) is 0.741. The molecule has 0 radical (unpaired) electrons. The highest BCUT2D eigenvalue weighted by Crippen LogP contribution is 2.23. The van der Waals surface area contributed by atoms with Crippen molar-refractivity contribution in [1.29, 1.82) is 0 Å². The summed E-state index contributed by atoms with van der Waals surface area (Å²) in [6.45, 7) is 2.87. The van der Waals surface area contributed by atoms with Crippen LogP contribution >= 0.6 is 0 Å². The molecule has 1 aliphatic carbocycles. The number of carbonyl (C=O) groups excluding carboxylic acids is 1. The second-order valence-electron chi connectivity index (χ2n) is 4.81. The van der Waals surface area contributed by atoms with Gasteiger partial charge in [-0.25, -0.2) is 0 Å². The van der Waals surface area contributed by atoms with E-state index in [-0.39, 0.29) is 5.91 Å². The van der Waals surface area contributed by atoms with E-state index in [9.17, 15) is 4.79 Å². The molecule has 96 valence electrons. The third-order valence-corrected chi connectivity index (χ3v) is 3.61. The fourth-order valence-corrected chi connectivity index (χ4v) is 2.64. The van der Waals surface area contributed by atoms with Crippen LogP contribution < -0.4 is 0 Å². The van der Waals surface area contributed by atoms with Gasteiger partial charge in [-0.05, 0) is 31.4 Å². The molecule has 1 aliphatic rings. The highest BCUT2D eigenvalue weighted by molar-refractivity contribution is 5.92. The summed E-state index contributed by atoms with van der Waals surface area (Å²) in [5.74, 6) is 0.147. The minimum Gasteiger partial charge on any atom is -0.336 e.